The van der Waals surface area contributed by atoms with Gasteiger partial charge in [0.1, 0.15) is 29.9 Å². The zero-order valence-corrected chi connectivity index (χ0v) is 21.8. The summed E-state index contributed by atoms with van der Waals surface area (Å²) in [4.78, 5) is 39.3. The number of benzene rings is 1. The summed E-state index contributed by atoms with van der Waals surface area (Å²) in [6.45, 7) is 3.49. The number of fused-ring (bicyclic) bond motifs is 1. The number of methoxy groups -OCH3 is 2. The first kappa shape index (κ1) is 25.9. The van der Waals surface area contributed by atoms with Gasteiger partial charge in [0.05, 0.1) is 24.8 Å². The fourth-order valence-corrected chi connectivity index (χ4v) is 4.84. The average Bonchev–Trinajstić information content (AvgIpc) is 3.67. The van der Waals surface area contributed by atoms with Crippen LogP contribution in [-0.4, -0.2) is 78.2 Å². The Labute approximate surface area is 219 Å². The molecule has 0 spiro atoms. The number of hydrogen-bond donors (Lipinski definition) is 2. The van der Waals surface area contributed by atoms with Crippen LogP contribution in [0.3, 0.4) is 0 Å². The van der Waals surface area contributed by atoms with E-state index in [1.54, 1.807) is 11.8 Å². The van der Waals surface area contributed by atoms with Gasteiger partial charge in [-0.25, -0.2) is 14.4 Å². The van der Waals surface area contributed by atoms with Gasteiger partial charge in [-0.1, -0.05) is 0 Å². The maximum atomic E-state index is 14.8. The van der Waals surface area contributed by atoms with Crippen molar-refractivity contribution in [3.63, 3.8) is 0 Å². The predicted octanol–water partition coefficient (Wildman–Crippen LogP) is 3.24. The van der Waals surface area contributed by atoms with E-state index < -0.39 is 5.82 Å². The first-order chi connectivity index (χ1) is 18.4. The highest BCUT2D eigenvalue weighted by molar-refractivity contribution is 6.09. The minimum atomic E-state index is -0.537. The number of H-pyrrole nitrogens is 1. The van der Waals surface area contributed by atoms with Gasteiger partial charge >= 0.3 is 0 Å². The van der Waals surface area contributed by atoms with E-state index in [2.05, 4.69) is 20.3 Å². The van der Waals surface area contributed by atoms with E-state index in [-0.39, 0.29) is 30.2 Å². The second-order valence-corrected chi connectivity index (χ2v) is 9.87. The maximum Gasteiger partial charge on any atom is 0.255 e. The summed E-state index contributed by atoms with van der Waals surface area (Å²) in [5.41, 5.74) is 2.91. The summed E-state index contributed by atoms with van der Waals surface area (Å²) >= 11 is 0. The molecule has 2 N–H and O–H groups in total. The van der Waals surface area contributed by atoms with Crippen LogP contribution in [0.15, 0.2) is 18.5 Å². The molecule has 2 fully saturated rings. The third-order valence-electron chi connectivity index (χ3n) is 7.13. The lowest BCUT2D eigenvalue weighted by Crippen LogP contribution is -2.47. The maximum absolute atomic E-state index is 14.8. The van der Waals surface area contributed by atoms with Gasteiger partial charge in [-0.3, -0.25) is 9.59 Å². The van der Waals surface area contributed by atoms with Crippen LogP contribution >= 0.6 is 0 Å². The summed E-state index contributed by atoms with van der Waals surface area (Å²) in [5, 5.41) is 3.09. The van der Waals surface area contributed by atoms with Crippen molar-refractivity contribution in [3.05, 3.63) is 35.5 Å². The summed E-state index contributed by atoms with van der Waals surface area (Å²) < 4.78 is 30.9. The number of nitrogens with one attached hydrogen (secondary N) is 2. The molecule has 202 valence electrons. The third kappa shape index (κ3) is 5.28. The van der Waals surface area contributed by atoms with Crippen LogP contribution in [0.1, 0.15) is 41.7 Å². The number of nitrogens with zero attached hydrogens (tertiary/aromatic N) is 3. The van der Waals surface area contributed by atoms with E-state index in [9.17, 15) is 14.0 Å². The Morgan fingerprint density at radius 2 is 1.89 bits per heavy atom. The highest BCUT2D eigenvalue weighted by Gasteiger charge is 2.28. The number of amides is 2. The van der Waals surface area contributed by atoms with Crippen LogP contribution in [0.4, 0.5) is 4.39 Å². The van der Waals surface area contributed by atoms with Crippen LogP contribution < -0.4 is 14.8 Å². The van der Waals surface area contributed by atoms with E-state index in [0.29, 0.717) is 77.8 Å². The third-order valence-corrected chi connectivity index (χ3v) is 7.13. The van der Waals surface area contributed by atoms with E-state index in [4.69, 9.17) is 14.2 Å². The summed E-state index contributed by atoms with van der Waals surface area (Å²) in [7, 11) is 2.91. The van der Waals surface area contributed by atoms with Crippen molar-refractivity contribution in [1.29, 1.82) is 0 Å². The number of hydrogen-bond acceptors (Lipinski definition) is 7. The van der Waals surface area contributed by atoms with Gasteiger partial charge in [-0.15, -0.1) is 0 Å². The monoisotopic (exact) mass is 525 g/mol. The van der Waals surface area contributed by atoms with Gasteiger partial charge in [-0.2, -0.15) is 0 Å². The number of likely N-dealkylation sites (tertiary alicyclic amines) is 1. The zero-order chi connectivity index (χ0) is 26.8. The molecule has 1 saturated heterocycles. The normalized spacial score (nSPS) is 16.1. The Balaban J connectivity index is 1.41. The molecule has 38 heavy (non-hydrogen) atoms. The number of aromatic nitrogens is 3. The quantitative estimate of drug-likeness (QED) is 0.440. The van der Waals surface area contributed by atoms with Crippen LogP contribution in [0, 0.1) is 18.7 Å². The number of ether oxygens (including phenoxy) is 3. The Hall–Kier alpha value is -3.73. The molecule has 0 unspecified atom stereocenters. The zero-order valence-electron chi connectivity index (χ0n) is 21.8. The summed E-state index contributed by atoms with van der Waals surface area (Å²) in [5.74, 6) is 0.197. The predicted molar refractivity (Wildman–Crippen MR) is 138 cm³/mol. The van der Waals surface area contributed by atoms with Crippen LogP contribution in [0.25, 0.3) is 22.3 Å². The van der Waals surface area contributed by atoms with Gasteiger partial charge in [0.15, 0.2) is 11.6 Å². The van der Waals surface area contributed by atoms with Crippen molar-refractivity contribution in [2.45, 2.75) is 38.6 Å². The number of carbonyl (C=O) groups excluding carboxylic acids is 2. The van der Waals surface area contributed by atoms with Gasteiger partial charge in [0.2, 0.25) is 5.91 Å². The number of rotatable bonds is 9. The number of halogens is 1. The molecule has 1 aliphatic heterocycles. The Morgan fingerprint density at radius 1 is 1.13 bits per heavy atom. The molecular weight excluding hydrogens is 493 g/mol. The second kappa shape index (κ2) is 10.9. The molecule has 1 aliphatic carbocycles. The largest absolute Gasteiger partial charge is 0.494 e. The molecule has 5 rings (SSSR count). The summed E-state index contributed by atoms with van der Waals surface area (Å²) in [6, 6.07) is 2.81. The van der Waals surface area contributed by atoms with Gasteiger partial charge in [0.25, 0.3) is 5.91 Å². The second-order valence-electron chi connectivity index (χ2n) is 9.87. The number of aromatic amines is 1. The van der Waals surface area contributed by atoms with Crippen LogP contribution in [0.2, 0.25) is 0 Å². The molecule has 3 aromatic rings. The van der Waals surface area contributed by atoms with Crippen molar-refractivity contribution in [2.24, 2.45) is 5.92 Å². The standard InChI is InChI=1S/C27H32FN5O5/c1-15-23(27(35)32-17-6-8-33(9-7-17)22(34)13-36-2)25-26(31-15)24(29-14-30-25)18-10-19(28)21(37-3)11-20(18)38-12-16-4-5-16/h10-11,14,16-17,31H,4-9,12-13H2,1-3H3,(H,32,35). The molecule has 1 aromatic carbocycles. The van der Waals surface area contributed by atoms with Crippen molar-refractivity contribution >= 4 is 22.8 Å². The van der Waals surface area contributed by atoms with Crippen LogP contribution in [-0.2, 0) is 9.53 Å². The van der Waals surface area contributed by atoms with Crippen molar-refractivity contribution in [1.82, 2.24) is 25.2 Å². The molecule has 0 bridgehead atoms. The molecule has 11 heteroatoms. The smallest absolute Gasteiger partial charge is 0.255 e. The molecule has 1 saturated carbocycles. The first-order valence-corrected chi connectivity index (χ1v) is 12.8. The Bertz CT molecular complexity index is 1350. The minimum absolute atomic E-state index is 0.0515. The number of carbonyl (C=O) groups is 2. The fraction of sp³-hybridized carbons (Fsp3) is 0.481. The van der Waals surface area contributed by atoms with Crippen LogP contribution in [0.5, 0.6) is 11.5 Å². The van der Waals surface area contributed by atoms with Crippen molar-refractivity contribution < 1.29 is 28.2 Å². The van der Waals surface area contributed by atoms with E-state index in [0.717, 1.165) is 12.8 Å². The first-order valence-electron chi connectivity index (χ1n) is 12.8. The Morgan fingerprint density at radius 3 is 2.58 bits per heavy atom. The van der Waals surface area contributed by atoms with Gasteiger partial charge in [0, 0.05) is 43.6 Å². The fourth-order valence-electron chi connectivity index (χ4n) is 4.84. The van der Waals surface area contributed by atoms with Crippen molar-refractivity contribution in [3.8, 4) is 22.8 Å². The van der Waals surface area contributed by atoms with E-state index >= 15 is 0 Å². The highest BCUT2D eigenvalue weighted by atomic mass is 19.1. The lowest BCUT2D eigenvalue weighted by atomic mass is 10.0. The molecule has 0 atom stereocenters. The molecule has 3 heterocycles. The highest BCUT2D eigenvalue weighted by Crippen LogP contribution is 2.39. The SMILES string of the molecule is COCC(=O)N1CCC(NC(=O)c2c(C)[nH]c3c(-c4cc(F)c(OC)cc4OCC4CC4)ncnc23)CC1. The molecule has 2 aliphatic rings. The molecular formula is C27H32FN5O5. The van der Waals surface area contributed by atoms with E-state index in [1.165, 1.54) is 32.7 Å². The van der Waals surface area contributed by atoms with E-state index in [1.807, 2.05) is 0 Å². The Kier molecular flexibility index (Phi) is 7.46. The molecule has 2 amide bonds. The minimum Gasteiger partial charge on any atom is -0.494 e. The lowest BCUT2D eigenvalue weighted by Gasteiger charge is -2.32. The average molecular weight is 526 g/mol. The molecule has 10 nitrogen and oxygen atoms in total. The topological polar surface area (TPSA) is 119 Å². The van der Waals surface area contributed by atoms with Gasteiger partial charge in [-0.05, 0) is 44.6 Å². The van der Waals surface area contributed by atoms with Crippen molar-refractivity contribution in [2.75, 3.05) is 40.5 Å². The number of piperidine rings is 1. The number of aryl methyl sites for hydroxylation is 1. The lowest BCUT2D eigenvalue weighted by molar-refractivity contribution is -0.136. The molecule has 2 aromatic heterocycles. The molecule has 0 radical (unpaired) electrons. The van der Waals surface area contributed by atoms with Gasteiger partial charge < -0.3 is 29.4 Å². The summed E-state index contributed by atoms with van der Waals surface area (Å²) in [6.07, 6.45) is 4.89.